The van der Waals surface area contributed by atoms with Gasteiger partial charge in [-0.3, -0.25) is 0 Å². The van der Waals surface area contributed by atoms with Gasteiger partial charge in [-0.25, -0.2) is 12.7 Å². The predicted octanol–water partition coefficient (Wildman–Crippen LogP) is 0.183. The summed E-state index contributed by atoms with van der Waals surface area (Å²) in [5.41, 5.74) is 5.49. The van der Waals surface area contributed by atoms with Gasteiger partial charge in [0.15, 0.2) is 0 Å². The van der Waals surface area contributed by atoms with E-state index in [9.17, 15) is 8.42 Å². The van der Waals surface area contributed by atoms with E-state index in [1.165, 1.54) is 4.31 Å². The number of hydrogen-bond donors (Lipinski definition) is 2. The number of amidine groups is 1. The van der Waals surface area contributed by atoms with Crippen molar-refractivity contribution in [2.45, 2.75) is 31.9 Å². The van der Waals surface area contributed by atoms with Crippen LogP contribution in [0.2, 0.25) is 0 Å². The Balaban J connectivity index is 2.63. The first-order valence-corrected chi connectivity index (χ1v) is 6.86. The van der Waals surface area contributed by atoms with Crippen molar-refractivity contribution < 1.29 is 13.6 Å². The smallest absolute Gasteiger partial charge is 0.216 e. The van der Waals surface area contributed by atoms with Crippen LogP contribution in [0.3, 0.4) is 0 Å². The molecule has 1 aliphatic rings. The van der Waals surface area contributed by atoms with E-state index in [0.717, 1.165) is 0 Å². The summed E-state index contributed by atoms with van der Waals surface area (Å²) in [4.78, 5) is 0. The Morgan fingerprint density at radius 1 is 1.44 bits per heavy atom. The van der Waals surface area contributed by atoms with Crippen molar-refractivity contribution in [2.75, 3.05) is 13.1 Å². The number of piperidine rings is 1. The van der Waals surface area contributed by atoms with E-state index in [-0.39, 0.29) is 11.8 Å². The molecule has 0 aromatic rings. The summed E-state index contributed by atoms with van der Waals surface area (Å²) in [5.74, 6) is 0.185. The van der Waals surface area contributed by atoms with Gasteiger partial charge in [0.25, 0.3) is 0 Å². The average Bonchev–Trinajstić information content (AvgIpc) is 2.28. The first-order valence-electron chi connectivity index (χ1n) is 5.36. The quantitative estimate of drug-likeness (QED) is 0.323. The predicted molar refractivity (Wildman–Crippen MR) is 61.8 cm³/mol. The molecule has 0 amide bonds. The van der Waals surface area contributed by atoms with Crippen molar-refractivity contribution in [1.82, 2.24) is 4.31 Å². The number of nitrogens with zero attached hydrogens (tertiary/aromatic N) is 2. The molecular formula is C9H19N3O3S. The summed E-state index contributed by atoms with van der Waals surface area (Å²) < 4.78 is 25.2. The van der Waals surface area contributed by atoms with Crippen LogP contribution < -0.4 is 5.73 Å². The summed E-state index contributed by atoms with van der Waals surface area (Å²) in [5, 5.41) is 11.1. The number of oxime groups is 1. The Hall–Kier alpha value is -0.820. The number of rotatable bonds is 3. The van der Waals surface area contributed by atoms with E-state index in [0.29, 0.717) is 25.9 Å². The molecule has 1 fully saturated rings. The zero-order valence-corrected chi connectivity index (χ0v) is 10.4. The second-order valence-corrected chi connectivity index (χ2v) is 6.78. The fourth-order valence-electron chi connectivity index (χ4n) is 1.79. The van der Waals surface area contributed by atoms with E-state index in [2.05, 4.69) is 5.16 Å². The Labute approximate surface area is 96.2 Å². The molecule has 1 saturated heterocycles. The molecule has 0 unspecified atom stereocenters. The molecule has 0 atom stereocenters. The van der Waals surface area contributed by atoms with Crippen LogP contribution in [0, 0.1) is 5.92 Å². The molecule has 0 aromatic heterocycles. The molecular weight excluding hydrogens is 230 g/mol. The van der Waals surface area contributed by atoms with Gasteiger partial charge in [0, 0.05) is 19.0 Å². The second kappa shape index (κ2) is 5.01. The highest BCUT2D eigenvalue weighted by atomic mass is 32.2. The van der Waals surface area contributed by atoms with Gasteiger partial charge in [-0.15, -0.1) is 0 Å². The molecule has 6 nitrogen and oxygen atoms in total. The fourth-order valence-corrected chi connectivity index (χ4v) is 3.10. The Morgan fingerprint density at radius 2 is 1.94 bits per heavy atom. The van der Waals surface area contributed by atoms with Gasteiger partial charge in [-0.1, -0.05) is 5.16 Å². The number of hydrogen-bond acceptors (Lipinski definition) is 4. The van der Waals surface area contributed by atoms with Crippen LogP contribution in [0.1, 0.15) is 26.7 Å². The standard InChI is InChI=1S/C9H19N3O3S/c1-7(2)16(14,15)12-5-3-8(4-6-12)9(10)11-13/h7-8,13H,3-6H2,1-2H3,(H2,10,11). The van der Waals surface area contributed by atoms with Crippen LogP contribution in [-0.2, 0) is 10.0 Å². The van der Waals surface area contributed by atoms with Gasteiger partial charge in [-0.2, -0.15) is 0 Å². The molecule has 0 aliphatic carbocycles. The first-order chi connectivity index (χ1) is 7.39. The van der Waals surface area contributed by atoms with Gasteiger partial charge < -0.3 is 10.9 Å². The number of sulfonamides is 1. The molecule has 1 aliphatic heterocycles. The monoisotopic (exact) mass is 249 g/mol. The van der Waals surface area contributed by atoms with E-state index < -0.39 is 15.3 Å². The molecule has 94 valence electrons. The normalized spacial score (nSPS) is 21.6. The van der Waals surface area contributed by atoms with Gasteiger partial charge in [0.1, 0.15) is 5.84 Å². The SMILES string of the molecule is CC(C)S(=O)(=O)N1CCC(C(N)=NO)CC1. The van der Waals surface area contributed by atoms with Crippen LogP contribution in [-0.4, -0.2) is 42.1 Å². The molecule has 3 N–H and O–H groups in total. The zero-order chi connectivity index (χ0) is 12.3. The third-order valence-electron chi connectivity index (χ3n) is 2.94. The average molecular weight is 249 g/mol. The summed E-state index contributed by atoms with van der Waals surface area (Å²) in [7, 11) is -3.17. The van der Waals surface area contributed by atoms with Crippen LogP contribution in [0.4, 0.5) is 0 Å². The fraction of sp³-hybridized carbons (Fsp3) is 0.889. The highest BCUT2D eigenvalue weighted by molar-refractivity contribution is 7.89. The minimum atomic E-state index is -3.17. The Morgan fingerprint density at radius 3 is 2.31 bits per heavy atom. The maximum absolute atomic E-state index is 11.8. The maximum atomic E-state index is 11.8. The first kappa shape index (κ1) is 13.2. The van der Waals surface area contributed by atoms with E-state index in [1.807, 2.05) is 0 Å². The van der Waals surface area contributed by atoms with Crippen molar-refractivity contribution in [3.05, 3.63) is 0 Å². The van der Waals surface area contributed by atoms with Crippen molar-refractivity contribution in [3.8, 4) is 0 Å². The topological polar surface area (TPSA) is 96.0 Å². The second-order valence-electron chi connectivity index (χ2n) is 4.29. The Bertz CT molecular complexity index is 356. The molecule has 1 heterocycles. The van der Waals surface area contributed by atoms with Gasteiger partial charge in [-0.05, 0) is 26.7 Å². The lowest BCUT2D eigenvalue weighted by Gasteiger charge is -2.31. The lowest BCUT2D eigenvalue weighted by atomic mass is 9.97. The third kappa shape index (κ3) is 2.65. The van der Waals surface area contributed by atoms with Gasteiger partial charge >= 0.3 is 0 Å². The minimum Gasteiger partial charge on any atom is -0.409 e. The van der Waals surface area contributed by atoms with Crippen LogP contribution in [0.25, 0.3) is 0 Å². The summed E-state index contributed by atoms with van der Waals surface area (Å²) >= 11 is 0. The lowest BCUT2D eigenvalue weighted by molar-refractivity contribution is 0.290. The van der Waals surface area contributed by atoms with E-state index in [1.54, 1.807) is 13.8 Å². The van der Waals surface area contributed by atoms with Crippen LogP contribution >= 0.6 is 0 Å². The third-order valence-corrected chi connectivity index (χ3v) is 5.22. The van der Waals surface area contributed by atoms with Crippen molar-refractivity contribution >= 4 is 15.9 Å². The molecule has 16 heavy (non-hydrogen) atoms. The van der Waals surface area contributed by atoms with Crippen LogP contribution in [0.5, 0.6) is 0 Å². The largest absolute Gasteiger partial charge is 0.409 e. The lowest BCUT2D eigenvalue weighted by Crippen LogP contribution is -2.44. The summed E-state index contributed by atoms with van der Waals surface area (Å²) in [6, 6.07) is 0. The van der Waals surface area contributed by atoms with E-state index >= 15 is 0 Å². The Kier molecular flexibility index (Phi) is 4.15. The van der Waals surface area contributed by atoms with Gasteiger partial charge in [0.2, 0.25) is 10.0 Å². The summed E-state index contributed by atoms with van der Waals surface area (Å²) in [6.45, 7) is 4.23. The van der Waals surface area contributed by atoms with Crippen LogP contribution in [0.15, 0.2) is 5.16 Å². The van der Waals surface area contributed by atoms with Crippen molar-refractivity contribution in [1.29, 1.82) is 0 Å². The highest BCUT2D eigenvalue weighted by Gasteiger charge is 2.31. The van der Waals surface area contributed by atoms with Gasteiger partial charge in [0.05, 0.1) is 5.25 Å². The zero-order valence-electron chi connectivity index (χ0n) is 9.63. The molecule has 7 heteroatoms. The molecule has 0 saturated carbocycles. The molecule has 0 aromatic carbocycles. The molecule has 1 rings (SSSR count). The minimum absolute atomic E-state index is 0.0105. The molecule has 0 bridgehead atoms. The van der Waals surface area contributed by atoms with Crippen molar-refractivity contribution in [2.24, 2.45) is 16.8 Å². The van der Waals surface area contributed by atoms with Crippen molar-refractivity contribution in [3.63, 3.8) is 0 Å². The molecule has 0 radical (unpaired) electrons. The summed E-state index contributed by atoms with van der Waals surface area (Å²) in [6.07, 6.45) is 1.23. The highest BCUT2D eigenvalue weighted by Crippen LogP contribution is 2.21. The maximum Gasteiger partial charge on any atom is 0.216 e. The molecule has 0 spiro atoms. The van der Waals surface area contributed by atoms with E-state index in [4.69, 9.17) is 10.9 Å². The number of nitrogens with two attached hydrogens (primary N) is 1.